The van der Waals surface area contributed by atoms with Crippen molar-refractivity contribution in [3.63, 3.8) is 0 Å². The maximum absolute atomic E-state index is 13.3. The molecule has 0 amide bonds. The van der Waals surface area contributed by atoms with Crippen LogP contribution in [0.5, 0.6) is 0 Å². The molecule has 0 saturated heterocycles. The normalized spacial score (nSPS) is 18.1. The van der Waals surface area contributed by atoms with Crippen molar-refractivity contribution < 1.29 is 35.1 Å². The molecule has 0 aliphatic rings. The van der Waals surface area contributed by atoms with E-state index >= 15 is 0 Å². The van der Waals surface area contributed by atoms with Crippen molar-refractivity contribution in [3.05, 3.63) is 12.7 Å². The number of hydrogen-bond acceptors (Lipinski definition) is 0. The Hall–Kier alpha value is -0.820. The van der Waals surface area contributed by atoms with Gasteiger partial charge in [0.15, 0.2) is 0 Å². The maximum atomic E-state index is 13.3. The van der Waals surface area contributed by atoms with E-state index in [4.69, 9.17) is 0 Å². The molecule has 0 aliphatic carbocycles. The van der Waals surface area contributed by atoms with E-state index in [1.54, 1.807) is 0 Å². The van der Waals surface area contributed by atoms with Crippen LogP contribution in [-0.4, -0.2) is 23.7 Å². The lowest BCUT2D eigenvalue weighted by molar-refractivity contribution is -0.358. The molecule has 0 spiro atoms. The molecule has 0 aliphatic heterocycles. The zero-order valence-electron chi connectivity index (χ0n) is 8.02. The topological polar surface area (TPSA) is 0 Å². The fourth-order valence-corrected chi connectivity index (χ4v) is 1.01. The Labute approximate surface area is 85.9 Å². The second kappa shape index (κ2) is 3.89. The largest absolute Gasteiger partial charge is 0.457 e. The predicted octanol–water partition coefficient (Wildman–Crippen LogP) is 4.12. The van der Waals surface area contributed by atoms with E-state index < -0.39 is 30.1 Å². The van der Waals surface area contributed by atoms with Gasteiger partial charge in [-0.25, -0.2) is 13.2 Å². The molecule has 0 fully saturated rings. The minimum absolute atomic E-state index is 0.247. The third kappa shape index (κ3) is 2.15. The second-order valence-corrected chi connectivity index (χ2v) is 3.25. The molecule has 0 radical (unpaired) electrons. The Kier molecular flexibility index (Phi) is 3.69. The van der Waals surface area contributed by atoms with Crippen LogP contribution in [0, 0.1) is 0 Å². The Morgan fingerprint density at radius 2 is 1.31 bits per heavy atom. The van der Waals surface area contributed by atoms with Gasteiger partial charge in [0.05, 0.1) is 0 Å². The summed E-state index contributed by atoms with van der Waals surface area (Å²) in [5.74, 6) is -11.0. The number of allylic oxidation sites excluding steroid dienone is 1. The average Bonchev–Trinajstić information content (AvgIpc) is 1.99. The average molecular weight is 256 g/mol. The van der Waals surface area contributed by atoms with Crippen LogP contribution in [0.4, 0.5) is 35.1 Å². The van der Waals surface area contributed by atoms with E-state index in [-0.39, 0.29) is 13.0 Å². The van der Waals surface area contributed by atoms with Crippen molar-refractivity contribution in [1.29, 1.82) is 0 Å². The van der Waals surface area contributed by atoms with E-state index in [1.807, 2.05) is 0 Å². The summed E-state index contributed by atoms with van der Waals surface area (Å²) in [7, 11) is 0. The number of alkyl halides is 8. The molecule has 1 atom stereocenters. The van der Waals surface area contributed by atoms with Gasteiger partial charge in [0, 0.05) is 13.3 Å². The fourth-order valence-electron chi connectivity index (χ4n) is 1.01. The summed E-state index contributed by atoms with van der Waals surface area (Å²) in [6.07, 6.45) is -7.97. The van der Waals surface area contributed by atoms with Crippen molar-refractivity contribution in [1.82, 2.24) is 0 Å². The summed E-state index contributed by atoms with van der Waals surface area (Å²) < 4.78 is 99.2. The van der Waals surface area contributed by atoms with Crippen molar-refractivity contribution in [2.75, 3.05) is 0 Å². The molecule has 1 unspecified atom stereocenters. The summed E-state index contributed by atoms with van der Waals surface area (Å²) in [5.41, 5.74) is -5.04. The van der Waals surface area contributed by atoms with Crippen LogP contribution in [0.15, 0.2) is 12.7 Å². The first-order valence-electron chi connectivity index (χ1n) is 3.93. The first-order chi connectivity index (χ1) is 6.81. The number of hydrogen-bond donors (Lipinski definition) is 0. The van der Waals surface area contributed by atoms with Crippen LogP contribution in [0.25, 0.3) is 0 Å². The van der Waals surface area contributed by atoms with E-state index in [0.717, 1.165) is 0 Å². The SMILES string of the molecule is C=CCC(F)(C(C)(F)F)C(F)(F)C(F)(F)F. The van der Waals surface area contributed by atoms with Crippen LogP contribution >= 0.6 is 0 Å². The Bertz CT molecular complexity index is 260. The molecular weight excluding hydrogens is 248 g/mol. The van der Waals surface area contributed by atoms with Gasteiger partial charge in [0.2, 0.25) is 5.67 Å². The van der Waals surface area contributed by atoms with E-state index in [2.05, 4.69) is 6.58 Å². The highest BCUT2D eigenvalue weighted by molar-refractivity contribution is 5.08. The lowest BCUT2D eigenvalue weighted by atomic mass is 9.87. The zero-order chi connectivity index (χ0) is 13.4. The summed E-state index contributed by atoms with van der Waals surface area (Å²) in [5, 5.41) is 0. The van der Waals surface area contributed by atoms with Gasteiger partial charge in [-0.3, -0.25) is 0 Å². The summed E-state index contributed by atoms with van der Waals surface area (Å²) >= 11 is 0. The molecule has 0 aromatic rings. The molecule has 16 heavy (non-hydrogen) atoms. The van der Waals surface area contributed by atoms with Gasteiger partial charge in [-0.2, -0.15) is 22.0 Å². The molecule has 96 valence electrons. The van der Waals surface area contributed by atoms with Crippen LogP contribution in [0.1, 0.15) is 13.3 Å². The molecule has 0 bridgehead atoms. The highest BCUT2D eigenvalue weighted by Crippen LogP contribution is 2.53. The molecule has 0 heterocycles. The van der Waals surface area contributed by atoms with Gasteiger partial charge < -0.3 is 0 Å². The quantitative estimate of drug-likeness (QED) is 0.524. The van der Waals surface area contributed by atoms with Crippen molar-refractivity contribution in [2.24, 2.45) is 0 Å². The summed E-state index contributed by atoms with van der Waals surface area (Å²) in [6.45, 7) is 2.34. The van der Waals surface area contributed by atoms with Crippen LogP contribution in [0.3, 0.4) is 0 Å². The van der Waals surface area contributed by atoms with E-state index in [0.29, 0.717) is 0 Å². The molecule has 0 aromatic heterocycles. The van der Waals surface area contributed by atoms with Gasteiger partial charge >= 0.3 is 12.1 Å². The van der Waals surface area contributed by atoms with Crippen LogP contribution in [-0.2, 0) is 0 Å². The Balaban J connectivity index is 5.63. The molecular formula is C8H8F8. The molecule has 8 heteroatoms. The van der Waals surface area contributed by atoms with Gasteiger partial charge in [0.25, 0.3) is 5.92 Å². The third-order valence-electron chi connectivity index (χ3n) is 1.98. The molecule has 0 aromatic carbocycles. The standard InChI is InChI=1S/C8H8F8/c1-3-4-6(11,5(2,9)10)7(12,13)8(14,15)16/h3H,1,4H2,2H3. The smallest absolute Gasteiger partial charge is 0.230 e. The molecule has 0 N–H and O–H groups in total. The second-order valence-electron chi connectivity index (χ2n) is 3.25. The van der Waals surface area contributed by atoms with Crippen LogP contribution in [0.2, 0.25) is 0 Å². The lowest BCUT2D eigenvalue weighted by Gasteiger charge is -2.37. The lowest BCUT2D eigenvalue weighted by Crippen LogP contribution is -2.62. The minimum Gasteiger partial charge on any atom is -0.230 e. The van der Waals surface area contributed by atoms with Gasteiger partial charge in [-0.1, -0.05) is 6.08 Å². The van der Waals surface area contributed by atoms with Gasteiger partial charge in [-0.15, -0.1) is 6.58 Å². The third-order valence-corrected chi connectivity index (χ3v) is 1.98. The molecule has 0 nitrogen and oxygen atoms in total. The minimum atomic E-state index is -6.40. The number of halogens is 8. The van der Waals surface area contributed by atoms with E-state index in [9.17, 15) is 35.1 Å². The van der Waals surface area contributed by atoms with E-state index in [1.165, 1.54) is 0 Å². The predicted molar refractivity (Wildman–Crippen MR) is 40.3 cm³/mol. The number of rotatable bonds is 4. The Morgan fingerprint density at radius 3 is 1.50 bits per heavy atom. The van der Waals surface area contributed by atoms with Gasteiger partial charge in [0.1, 0.15) is 0 Å². The maximum Gasteiger partial charge on any atom is 0.457 e. The highest BCUT2D eigenvalue weighted by Gasteiger charge is 2.77. The highest BCUT2D eigenvalue weighted by atomic mass is 19.4. The fraction of sp³-hybridized carbons (Fsp3) is 0.750. The zero-order valence-corrected chi connectivity index (χ0v) is 8.02. The monoisotopic (exact) mass is 256 g/mol. The summed E-state index contributed by atoms with van der Waals surface area (Å²) in [4.78, 5) is 0. The summed E-state index contributed by atoms with van der Waals surface area (Å²) in [6, 6.07) is 0. The first kappa shape index (κ1) is 15.2. The Morgan fingerprint density at radius 1 is 0.938 bits per heavy atom. The first-order valence-corrected chi connectivity index (χ1v) is 3.93. The molecule has 0 rings (SSSR count). The van der Waals surface area contributed by atoms with Gasteiger partial charge in [-0.05, 0) is 0 Å². The van der Waals surface area contributed by atoms with Crippen LogP contribution < -0.4 is 0 Å². The molecule has 0 saturated carbocycles. The van der Waals surface area contributed by atoms with Crippen molar-refractivity contribution >= 4 is 0 Å². The van der Waals surface area contributed by atoms with Crippen molar-refractivity contribution in [2.45, 2.75) is 37.0 Å². The van der Waals surface area contributed by atoms with Crippen molar-refractivity contribution in [3.8, 4) is 0 Å².